The van der Waals surface area contributed by atoms with Gasteiger partial charge in [0.25, 0.3) is 5.91 Å². The van der Waals surface area contributed by atoms with Crippen molar-refractivity contribution < 1.29 is 19.4 Å². The molecule has 7 heteroatoms. The molecule has 0 saturated carbocycles. The second-order valence-corrected chi connectivity index (χ2v) is 10.3. The van der Waals surface area contributed by atoms with Crippen molar-refractivity contribution in [1.29, 1.82) is 0 Å². The average Bonchev–Trinajstić information content (AvgIpc) is 3.35. The summed E-state index contributed by atoms with van der Waals surface area (Å²) in [6.45, 7) is 6.24. The Morgan fingerprint density at radius 1 is 1.03 bits per heavy atom. The monoisotopic (exact) mass is 478 g/mol. The molecule has 0 radical (unpaired) electrons. The number of thiophene rings is 1. The van der Waals surface area contributed by atoms with Gasteiger partial charge in [-0.1, -0.05) is 32.0 Å². The van der Waals surface area contributed by atoms with Crippen LogP contribution in [0.15, 0.2) is 60.0 Å². The highest BCUT2D eigenvalue weighted by Gasteiger charge is 2.23. The Balaban J connectivity index is 1.41. The highest BCUT2D eigenvalue weighted by molar-refractivity contribution is 7.09. The molecule has 4 rings (SSSR count). The van der Waals surface area contributed by atoms with Crippen molar-refractivity contribution in [2.45, 2.75) is 44.9 Å². The summed E-state index contributed by atoms with van der Waals surface area (Å²) in [4.78, 5) is 38.4. The first-order valence-corrected chi connectivity index (χ1v) is 12.4. The van der Waals surface area contributed by atoms with Crippen molar-refractivity contribution in [3.63, 3.8) is 0 Å². The largest absolute Gasteiger partial charge is 0.386 e. The summed E-state index contributed by atoms with van der Waals surface area (Å²) in [6.07, 6.45) is 4.36. The van der Waals surface area contributed by atoms with E-state index in [1.54, 1.807) is 35.6 Å². The summed E-state index contributed by atoms with van der Waals surface area (Å²) >= 11 is 1.74. The zero-order chi connectivity index (χ0) is 24.1. The van der Waals surface area contributed by atoms with E-state index in [1.165, 1.54) is 11.3 Å². The van der Waals surface area contributed by atoms with E-state index in [4.69, 9.17) is 15.5 Å². The van der Waals surface area contributed by atoms with Crippen molar-refractivity contribution in [3.8, 4) is 5.75 Å². The molecule has 6 nitrogen and oxygen atoms in total. The van der Waals surface area contributed by atoms with Gasteiger partial charge in [-0.15, -0.1) is 11.3 Å². The molecule has 2 heterocycles. The molecule has 1 fully saturated rings. The Hall–Kier alpha value is -3.32. The van der Waals surface area contributed by atoms with E-state index < -0.39 is 11.9 Å². The number of hydrogen-bond donors (Lipinski definition) is 1. The topological polar surface area (TPSA) is 81.9 Å². The molecule has 178 valence electrons. The van der Waals surface area contributed by atoms with E-state index in [2.05, 4.69) is 36.3 Å². The Kier molecular flexibility index (Phi) is 7.22. The minimum atomic E-state index is -0.641. The van der Waals surface area contributed by atoms with Gasteiger partial charge in [0.05, 0.1) is 11.1 Å². The highest BCUT2D eigenvalue weighted by Crippen LogP contribution is 2.30. The Labute approximate surface area is 204 Å². The number of carbonyl (C=O) groups is 2. The third-order valence-electron chi connectivity index (χ3n) is 6.26. The second kappa shape index (κ2) is 10.3. The van der Waals surface area contributed by atoms with E-state index in [0.717, 1.165) is 43.6 Å². The molecule has 0 spiro atoms. The number of nitrogens with two attached hydrogens (primary N) is 1. The lowest BCUT2D eigenvalue weighted by molar-refractivity contribution is -0.149. The van der Waals surface area contributed by atoms with E-state index in [0.29, 0.717) is 5.56 Å². The number of carbonyl (C=O) groups excluding carboxylic acids is 2. The van der Waals surface area contributed by atoms with Crippen molar-refractivity contribution in [2.75, 3.05) is 18.0 Å². The van der Waals surface area contributed by atoms with Gasteiger partial charge in [-0.2, -0.15) is 0 Å². The first kappa shape index (κ1) is 23.8. The zero-order valence-electron chi connectivity index (χ0n) is 19.6. The van der Waals surface area contributed by atoms with Gasteiger partial charge < -0.3 is 10.6 Å². The van der Waals surface area contributed by atoms with Crippen LogP contribution in [0.4, 0.5) is 5.69 Å². The van der Waals surface area contributed by atoms with Gasteiger partial charge in [0.2, 0.25) is 0 Å². The summed E-state index contributed by atoms with van der Waals surface area (Å²) in [7, 11) is 0. The summed E-state index contributed by atoms with van der Waals surface area (Å²) in [6, 6.07) is 16.7. The number of primary amides is 1. The van der Waals surface area contributed by atoms with Crippen LogP contribution in [-0.4, -0.2) is 25.0 Å². The van der Waals surface area contributed by atoms with Crippen molar-refractivity contribution in [2.24, 2.45) is 5.73 Å². The summed E-state index contributed by atoms with van der Waals surface area (Å²) in [5.41, 5.74) is 8.07. The lowest BCUT2D eigenvalue weighted by Gasteiger charge is -2.29. The molecule has 0 unspecified atom stereocenters. The average molecular weight is 479 g/mol. The number of hydrogen-bond acceptors (Lipinski definition) is 6. The third kappa shape index (κ3) is 5.59. The predicted octanol–water partition coefficient (Wildman–Crippen LogP) is 5.51. The number of amides is 1. The van der Waals surface area contributed by atoms with Crippen LogP contribution in [0.5, 0.6) is 5.75 Å². The first-order valence-electron chi connectivity index (χ1n) is 11.5. The van der Waals surface area contributed by atoms with Crippen molar-refractivity contribution >= 4 is 28.9 Å². The summed E-state index contributed by atoms with van der Waals surface area (Å²) in [5.74, 6) is -1.16. The predicted molar refractivity (Wildman–Crippen MR) is 135 cm³/mol. The fourth-order valence-corrected chi connectivity index (χ4v) is 5.20. The molecule has 1 aromatic heterocycles. The third-order valence-corrected chi connectivity index (χ3v) is 7.13. The van der Waals surface area contributed by atoms with E-state index in [1.807, 2.05) is 18.2 Å². The molecule has 1 saturated heterocycles. The second-order valence-electron chi connectivity index (χ2n) is 9.26. The number of anilines is 1. The van der Waals surface area contributed by atoms with Crippen LogP contribution in [0.1, 0.15) is 64.3 Å². The van der Waals surface area contributed by atoms with Crippen LogP contribution in [0.25, 0.3) is 0 Å². The molecule has 0 atom stereocenters. The molecule has 1 aliphatic rings. The molecular formula is C27H30N2O4S. The fraction of sp³-hybridized carbons (Fsp3) is 0.333. The quantitative estimate of drug-likeness (QED) is 0.341. The standard InChI is InChI=1S/C27H30N2O4S/c1-27(2,18-22-7-6-16-34-22)20-10-8-19(9-11-20)26(31)33-32-24-13-12-21(17-23(24)25(28)30)29-14-4-3-5-15-29/h6-13,16-17H,3-5,14-15,18H2,1-2H3,(H2,28,30). The van der Waals surface area contributed by atoms with Gasteiger partial charge in [0.1, 0.15) is 0 Å². The molecule has 2 N–H and O–H groups in total. The van der Waals surface area contributed by atoms with Gasteiger partial charge in [0, 0.05) is 23.7 Å². The van der Waals surface area contributed by atoms with E-state index >= 15 is 0 Å². The Bertz CT molecular complexity index is 1130. The van der Waals surface area contributed by atoms with Gasteiger partial charge in [-0.25, -0.2) is 9.68 Å². The van der Waals surface area contributed by atoms with Gasteiger partial charge in [0.15, 0.2) is 5.75 Å². The van der Waals surface area contributed by atoms with Gasteiger partial charge in [-0.05, 0) is 78.4 Å². The van der Waals surface area contributed by atoms with Gasteiger partial charge >= 0.3 is 5.97 Å². The number of rotatable bonds is 8. The molecule has 2 aromatic carbocycles. The molecule has 1 amide bonds. The van der Waals surface area contributed by atoms with Crippen LogP contribution in [0, 0.1) is 0 Å². The minimum absolute atomic E-state index is 0.0731. The van der Waals surface area contributed by atoms with E-state index in [9.17, 15) is 9.59 Å². The van der Waals surface area contributed by atoms with Crippen LogP contribution in [-0.2, 0) is 16.7 Å². The maximum atomic E-state index is 12.6. The fourth-order valence-electron chi connectivity index (χ4n) is 4.27. The van der Waals surface area contributed by atoms with Crippen molar-refractivity contribution in [1.82, 2.24) is 0 Å². The highest BCUT2D eigenvalue weighted by atomic mass is 32.1. The van der Waals surface area contributed by atoms with Crippen LogP contribution in [0.2, 0.25) is 0 Å². The first-order chi connectivity index (χ1) is 16.3. The normalized spacial score (nSPS) is 14.0. The minimum Gasteiger partial charge on any atom is -0.372 e. The number of piperidine rings is 1. The van der Waals surface area contributed by atoms with Gasteiger partial charge in [-0.3, -0.25) is 9.68 Å². The number of benzene rings is 2. The molecule has 34 heavy (non-hydrogen) atoms. The molecule has 1 aliphatic heterocycles. The summed E-state index contributed by atoms with van der Waals surface area (Å²) in [5, 5.41) is 2.08. The SMILES string of the molecule is CC(C)(Cc1cccs1)c1ccc(C(=O)OOc2ccc(N3CCCCC3)cc2C(N)=O)cc1. The van der Waals surface area contributed by atoms with Crippen LogP contribution < -0.4 is 15.5 Å². The number of nitrogens with zero attached hydrogens (tertiary/aromatic N) is 1. The maximum Gasteiger partial charge on any atom is 0.386 e. The van der Waals surface area contributed by atoms with Crippen LogP contribution >= 0.6 is 11.3 Å². The molecule has 3 aromatic rings. The lowest BCUT2D eigenvalue weighted by Crippen LogP contribution is -2.29. The van der Waals surface area contributed by atoms with Crippen LogP contribution in [0.3, 0.4) is 0 Å². The smallest absolute Gasteiger partial charge is 0.372 e. The van der Waals surface area contributed by atoms with Crippen molar-refractivity contribution in [3.05, 3.63) is 81.5 Å². The molecular weight excluding hydrogens is 448 g/mol. The maximum absolute atomic E-state index is 12.6. The molecule has 0 bridgehead atoms. The zero-order valence-corrected chi connectivity index (χ0v) is 20.4. The summed E-state index contributed by atoms with van der Waals surface area (Å²) < 4.78 is 0. The van der Waals surface area contributed by atoms with E-state index in [-0.39, 0.29) is 16.7 Å². The Morgan fingerprint density at radius 2 is 1.76 bits per heavy atom. The Morgan fingerprint density at radius 3 is 2.41 bits per heavy atom. The lowest BCUT2D eigenvalue weighted by atomic mass is 9.81. The molecule has 0 aliphatic carbocycles.